The van der Waals surface area contributed by atoms with E-state index in [1.807, 2.05) is 0 Å². The molecule has 0 aromatic heterocycles. The fourth-order valence-corrected chi connectivity index (χ4v) is 2.18. The smallest absolute Gasteiger partial charge is 0.122 e. The normalized spacial score (nSPS) is 19.6. The van der Waals surface area contributed by atoms with Crippen molar-refractivity contribution in [2.45, 2.75) is 19.9 Å². The van der Waals surface area contributed by atoms with Crippen molar-refractivity contribution in [1.29, 1.82) is 0 Å². The van der Waals surface area contributed by atoms with E-state index in [4.69, 9.17) is 9.47 Å². The van der Waals surface area contributed by atoms with Crippen LogP contribution in [0.1, 0.15) is 11.1 Å². The SMILES string of the molecule is COc1cc(C)c(NCC2COCCN2)cc1C. The van der Waals surface area contributed by atoms with Crippen molar-refractivity contribution in [2.75, 3.05) is 38.7 Å². The lowest BCUT2D eigenvalue weighted by Crippen LogP contribution is -2.45. The van der Waals surface area contributed by atoms with Crippen LogP contribution in [0.5, 0.6) is 5.75 Å². The zero-order valence-corrected chi connectivity index (χ0v) is 11.4. The third-order valence-electron chi connectivity index (χ3n) is 3.28. The number of anilines is 1. The van der Waals surface area contributed by atoms with Gasteiger partial charge in [-0.05, 0) is 37.1 Å². The van der Waals surface area contributed by atoms with Gasteiger partial charge >= 0.3 is 0 Å². The van der Waals surface area contributed by atoms with Crippen LogP contribution in [-0.2, 0) is 4.74 Å². The van der Waals surface area contributed by atoms with E-state index in [1.165, 1.54) is 11.3 Å². The van der Waals surface area contributed by atoms with Gasteiger partial charge in [0.1, 0.15) is 5.75 Å². The summed E-state index contributed by atoms with van der Waals surface area (Å²) in [6, 6.07) is 4.60. The Morgan fingerprint density at radius 3 is 2.89 bits per heavy atom. The Bertz CT molecular complexity index is 401. The van der Waals surface area contributed by atoms with Gasteiger partial charge in [0.15, 0.2) is 0 Å². The maximum atomic E-state index is 5.44. The van der Waals surface area contributed by atoms with Gasteiger partial charge in [0.2, 0.25) is 0 Å². The molecule has 0 radical (unpaired) electrons. The summed E-state index contributed by atoms with van der Waals surface area (Å²) in [7, 11) is 1.71. The van der Waals surface area contributed by atoms with Crippen molar-refractivity contribution in [3.05, 3.63) is 23.3 Å². The van der Waals surface area contributed by atoms with E-state index in [0.717, 1.165) is 37.6 Å². The molecule has 1 aliphatic rings. The standard InChI is InChI=1S/C14H22N2O2/c1-10-7-14(17-3)11(2)6-13(10)16-8-12-9-18-5-4-15-12/h6-7,12,15-16H,4-5,8-9H2,1-3H3. The summed E-state index contributed by atoms with van der Waals surface area (Å²) in [5.74, 6) is 0.942. The number of morpholine rings is 1. The number of aryl methyl sites for hydroxylation is 2. The van der Waals surface area contributed by atoms with Crippen molar-refractivity contribution in [3.8, 4) is 5.75 Å². The van der Waals surface area contributed by atoms with Crippen LogP contribution >= 0.6 is 0 Å². The van der Waals surface area contributed by atoms with Crippen LogP contribution in [0.15, 0.2) is 12.1 Å². The Hall–Kier alpha value is -1.26. The van der Waals surface area contributed by atoms with Crippen LogP contribution in [0.25, 0.3) is 0 Å². The first-order chi connectivity index (χ1) is 8.70. The highest BCUT2D eigenvalue weighted by atomic mass is 16.5. The first-order valence-corrected chi connectivity index (χ1v) is 6.41. The van der Waals surface area contributed by atoms with Crippen LogP contribution in [0, 0.1) is 13.8 Å². The zero-order valence-electron chi connectivity index (χ0n) is 11.4. The average Bonchev–Trinajstić information content (AvgIpc) is 2.40. The average molecular weight is 250 g/mol. The Balaban J connectivity index is 1.98. The predicted octanol–water partition coefficient (Wildman–Crippen LogP) is 1.71. The fourth-order valence-electron chi connectivity index (χ4n) is 2.18. The molecule has 0 saturated carbocycles. The van der Waals surface area contributed by atoms with Crippen LogP contribution in [-0.4, -0.2) is 39.5 Å². The first kappa shape index (κ1) is 13.2. The first-order valence-electron chi connectivity index (χ1n) is 6.41. The van der Waals surface area contributed by atoms with Gasteiger partial charge in [-0.2, -0.15) is 0 Å². The third kappa shape index (κ3) is 3.15. The molecular weight excluding hydrogens is 228 g/mol. The molecule has 0 amide bonds. The number of ether oxygens (including phenoxy) is 2. The van der Waals surface area contributed by atoms with Gasteiger partial charge in [0.05, 0.1) is 20.3 Å². The Morgan fingerprint density at radius 2 is 2.22 bits per heavy atom. The lowest BCUT2D eigenvalue weighted by atomic mass is 10.1. The molecule has 18 heavy (non-hydrogen) atoms. The topological polar surface area (TPSA) is 42.5 Å². The van der Waals surface area contributed by atoms with Crippen molar-refractivity contribution in [1.82, 2.24) is 5.32 Å². The zero-order chi connectivity index (χ0) is 13.0. The van der Waals surface area contributed by atoms with E-state index in [2.05, 4.69) is 36.6 Å². The van der Waals surface area contributed by atoms with Crippen molar-refractivity contribution >= 4 is 5.69 Å². The van der Waals surface area contributed by atoms with Crippen molar-refractivity contribution in [3.63, 3.8) is 0 Å². The second-order valence-electron chi connectivity index (χ2n) is 4.74. The van der Waals surface area contributed by atoms with Crippen LogP contribution in [0.2, 0.25) is 0 Å². The Labute approximate surface area is 109 Å². The molecule has 2 rings (SSSR count). The summed E-state index contributed by atoms with van der Waals surface area (Å²) >= 11 is 0. The minimum atomic E-state index is 0.389. The number of rotatable bonds is 4. The van der Waals surface area contributed by atoms with Gasteiger partial charge in [-0.15, -0.1) is 0 Å². The number of methoxy groups -OCH3 is 1. The second-order valence-corrected chi connectivity index (χ2v) is 4.74. The molecule has 1 fully saturated rings. The number of nitrogens with one attached hydrogen (secondary N) is 2. The summed E-state index contributed by atoms with van der Waals surface area (Å²) in [6.45, 7) is 7.57. The molecule has 4 heteroatoms. The highest BCUT2D eigenvalue weighted by Gasteiger charge is 2.13. The second kappa shape index (κ2) is 6.07. The van der Waals surface area contributed by atoms with Crippen LogP contribution in [0.4, 0.5) is 5.69 Å². The number of hydrogen-bond acceptors (Lipinski definition) is 4. The summed E-state index contributed by atoms with van der Waals surface area (Å²) < 4.78 is 10.8. The maximum absolute atomic E-state index is 5.44. The molecule has 4 nitrogen and oxygen atoms in total. The van der Waals surface area contributed by atoms with E-state index in [-0.39, 0.29) is 0 Å². The lowest BCUT2D eigenvalue weighted by Gasteiger charge is -2.25. The summed E-state index contributed by atoms with van der Waals surface area (Å²) in [5, 5.41) is 6.91. The molecular formula is C14H22N2O2. The number of benzene rings is 1. The molecule has 1 aromatic rings. The van der Waals surface area contributed by atoms with E-state index in [0.29, 0.717) is 6.04 Å². The molecule has 1 atom stereocenters. The molecule has 1 aromatic carbocycles. The van der Waals surface area contributed by atoms with Crippen LogP contribution < -0.4 is 15.4 Å². The van der Waals surface area contributed by atoms with E-state index < -0.39 is 0 Å². The highest BCUT2D eigenvalue weighted by molar-refractivity contribution is 5.57. The maximum Gasteiger partial charge on any atom is 0.122 e. The molecule has 1 aliphatic heterocycles. The van der Waals surface area contributed by atoms with Gasteiger partial charge in [-0.1, -0.05) is 0 Å². The molecule has 1 unspecified atom stereocenters. The van der Waals surface area contributed by atoms with E-state index in [1.54, 1.807) is 7.11 Å². The quantitative estimate of drug-likeness (QED) is 0.854. The van der Waals surface area contributed by atoms with Crippen molar-refractivity contribution < 1.29 is 9.47 Å². The summed E-state index contributed by atoms with van der Waals surface area (Å²) in [6.07, 6.45) is 0. The van der Waals surface area contributed by atoms with Gasteiger partial charge in [0.25, 0.3) is 0 Å². The van der Waals surface area contributed by atoms with Crippen LogP contribution in [0.3, 0.4) is 0 Å². The van der Waals surface area contributed by atoms with E-state index >= 15 is 0 Å². The van der Waals surface area contributed by atoms with Gasteiger partial charge in [0, 0.05) is 24.8 Å². The minimum absolute atomic E-state index is 0.389. The molecule has 1 saturated heterocycles. The Kier molecular flexibility index (Phi) is 4.44. The number of hydrogen-bond donors (Lipinski definition) is 2. The molecule has 1 heterocycles. The lowest BCUT2D eigenvalue weighted by molar-refractivity contribution is 0.0806. The monoisotopic (exact) mass is 250 g/mol. The third-order valence-corrected chi connectivity index (χ3v) is 3.28. The molecule has 0 aliphatic carbocycles. The van der Waals surface area contributed by atoms with Crippen molar-refractivity contribution in [2.24, 2.45) is 0 Å². The van der Waals surface area contributed by atoms with E-state index in [9.17, 15) is 0 Å². The summed E-state index contributed by atoms with van der Waals surface area (Å²) in [5.41, 5.74) is 3.52. The highest BCUT2D eigenvalue weighted by Crippen LogP contribution is 2.25. The minimum Gasteiger partial charge on any atom is -0.496 e. The summed E-state index contributed by atoms with van der Waals surface area (Å²) in [4.78, 5) is 0. The van der Waals surface area contributed by atoms with Gasteiger partial charge in [-0.25, -0.2) is 0 Å². The largest absolute Gasteiger partial charge is 0.496 e. The Morgan fingerprint density at radius 1 is 1.39 bits per heavy atom. The molecule has 100 valence electrons. The van der Waals surface area contributed by atoms with Gasteiger partial charge < -0.3 is 20.1 Å². The molecule has 0 spiro atoms. The molecule has 0 bridgehead atoms. The predicted molar refractivity (Wildman–Crippen MR) is 73.6 cm³/mol. The fraction of sp³-hybridized carbons (Fsp3) is 0.571. The van der Waals surface area contributed by atoms with Gasteiger partial charge in [-0.3, -0.25) is 0 Å². The molecule has 2 N–H and O–H groups in total.